The molecule has 0 radical (unpaired) electrons. The molecule has 110 valence electrons. The van der Waals surface area contributed by atoms with Crippen molar-refractivity contribution in [2.75, 3.05) is 13.1 Å². The average molecular weight is 281 g/mol. The second kappa shape index (κ2) is 5.76. The Kier molecular flexibility index (Phi) is 4.25. The van der Waals surface area contributed by atoms with Crippen LogP contribution in [0.2, 0.25) is 0 Å². The van der Waals surface area contributed by atoms with E-state index in [1.807, 2.05) is 6.92 Å². The fourth-order valence-electron chi connectivity index (χ4n) is 2.39. The van der Waals surface area contributed by atoms with E-state index < -0.39 is 11.4 Å². The molecule has 1 aliphatic heterocycles. The van der Waals surface area contributed by atoms with Gasteiger partial charge in [0.1, 0.15) is 5.82 Å². The SMILES string of the molecule is CC1(O)CCN(Cc2cccc(/C(N)=N/O)c2F)CC1. The Labute approximate surface area is 117 Å². The predicted octanol–water partition coefficient (Wildman–Crippen LogP) is 1.27. The van der Waals surface area contributed by atoms with Gasteiger partial charge in [-0.2, -0.15) is 0 Å². The molecule has 6 heteroatoms. The normalized spacial score (nSPS) is 20.1. The van der Waals surface area contributed by atoms with Crippen LogP contribution in [0.3, 0.4) is 0 Å². The summed E-state index contributed by atoms with van der Waals surface area (Å²) in [5, 5.41) is 21.4. The first-order valence-corrected chi connectivity index (χ1v) is 6.63. The van der Waals surface area contributed by atoms with Crippen molar-refractivity contribution < 1.29 is 14.7 Å². The van der Waals surface area contributed by atoms with Crippen molar-refractivity contribution in [1.29, 1.82) is 0 Å². The lowest BCUT2D eigenvalue weighted by Crippen LogP contribution is -2.42. The number of halogens is 1. The molecule has 1 aromatic carbocycles. The molecule has 2 rings (SSSR count). The van der Waals surface area contributed by atoms with Crippen LogP contribution in [0, 0.1) is 5.82 Å². The van der Waals surface area contributed by atoms with Gasteiger partial charge in [0.15, 0.2) is 5.84 Å². The summed E-state index contributed by atoms with van der Waals surface area (Å²) < 4.78 is 14.3. The van der Waals surface area contributed by atoms with E-state index in [1.54, 1.807) is 12.1 Å². The summed E-state index contributed by atoms with van der Waals surface area (Å²) in [6, 6.07) is 4.86. The Bertz CT molecular complexity index is 507. The quantitative estimate of drug-likeness (QED) is 0.337. The molecule has 0 bridgehead atoms. The van der Waals surface area contributed by atoms with E-state index in [4.69, 9.17) is 10.9 Å². The highest BCUT2D eigenvalue weighted by molar-refractivity contribution is 5.97. The van der Waals surface area contributed by atoms with Gasteiger partial charge in [-0.3, -0.25) is 4.90 Å². The molecule has 1 aromatic rings. The summed E-state index contributed by atoms with van der Waals surface area (Å²) in [5.41, 5.74) is 5.44. The number of aliphatic hydroxyl groups is 1. The first-order valence-electron chi connectivity index (χ1n) is 6.63. The van der Waals surface area contributed by atoms with Crippen molar-refractivity contribution in [3.05, 3.63) is 35.1 Å². The number of benzene rings is 1. The lowest BCUT2D eigenvalue weighted by molar-refractivity contribution is -0.00750. The highest BCUT2D eigenvalue weighted by Gasteiger charge is 2.27. The highest BCUT2D eigenvalue weighted by atomic mass is 19.1. The molecule has 4 N–H and O–H groups in total. The van der Waals surface area contributed by atoms with E-state index in [1.165, 1.54) is 6.07 Å². The van der Waals surface area contributed by atoms with E-state index in [2.05, 4.69) is 10.1 Å². The fraction of sp³-hybridized carbons (Fsp3) is 0.500. The second-order valence-electron chi connectivity index (χ2n) is 5.54. The summed E-state index contributed by atoms with van der Waals surface area (Å²) in [5.74, 6) is -0.689. The first kappa shape index (κ1) is 14.7. The minimum Gasteiger partial charge on any atom is -0.409 e. The van der Waals surface area contributed by atoms with Crippen LogP contribution in [0.1, 0.15) is 30.9 Å². The number of nitrogens with two attached hydrogens (primary N) is 1. The summed E-state index contributed by atoms with van der Waals surface area (Å²) >= 11 is 0. The van der Waals surface area contributed by atoms with Gasteiger partial charge in [-0.15, -0.1) is 0 Å². The molecular formula is C14H20FN3O2. The molecule has 1 heterocycles. The monoisotopic (exact) mass is 281 g/mol. The molecule has 1 aliphatic rings. The Hall–Kier alpha value is -1.66. The van der Waals surface area contributed by atoms with Crippen molar-refractivity contribution >= 4 is 5.84 Å². The molecule has 0 aromatic heterocycles. The molecule has 0 unspecified atom stereocenters. The molecule has 0 spiro atoms. The zero-order valence-corrected chi connectivity index (χ0v) is 11.5. The predicted molar refractivity (Wildman–Crippen MR) is 74.0 cm³/mol. The number of nitrogens with zero attached hydrogens (tertiary/aromatic N) is 2. The zero-order chi connectivity index (χ0) is 14.8. The van der Waals surface area contributed by atoms with Gasteiger partial charge in [0.05, 0.1) is 11.2 Å². The van der Waals surface area contributed by atoms with Crippen molar-refractivity contribution in [3.63, 3.8) is 0 Å². The van der Waals surface area contributed by atoms with Crippen molar-refractivity contribution in [2.45, 2.75) is 31.9 Å². The largest absolute Gasteiger partial charge is 0.409 e. The maximum atomic E-state index is 14.3. The minimum atomic E-state index is -0.620. The van der Waals surface area contributed by atoms with Crippen LogP contribution in [0.5, 0.6) is 0 Å². The Morgan fingerprint density at radius 2 is 2.10 bits per heavy atom. The fourth-order valence-corrected chi connectivity index (χ4v) is 2.39. The molecule has 0 aliphatic carbocycles. The Morgan fingerprint density at radius 1 is 1.45 bits per heavy atom. The van der Waals surface area contributed by atoms with Gasteiger partial charge in [0, 0.05) is 25.2 Å². The molecule has 20 heavy (non-hydrogen) atoms. The number of piperidine rings is 1. The third-order valence-electron chi connectivity index (χ3n) is 3.79. The Morgan fingerprint density at radius 3 is 2.70 bits per heavy atom. The number of rotatable bonds is 3. The summed E-state index contributed by atoms with van der Waals surface area (Å²) in [6.07, 6.45) is 1.35. The van der Waals surface area contributed by atoms with E-state index in [0.717, 1.165) is 13.1 Å². The number of hydrogen-bond donors (Lipinski definition) is 3. The maximum absolute atomic E-state index is 14.3. The van der Waals surface area contributed by atoms with Crippen molar-refractivity contribution in [3.8, 4) is 0 Å². The van der Waals surface area contributed by atoms with Crippen LogP contribution in [-0.2, 0) is 6.54 Å². The molecule has 5 nitrogen and oxygen atoms in total. The third-order valence-corrected chi connectivity index (χ3v) is 3.79. The molecular weight excluding hydrogens is 261 g/mol. The van der Waals surface area contributed by atoms with Crippen LogP contribution in [0.15, 0.2) is 23.4 Å². The number of oxime groups is 1. The van der Waals surface area contributed by atoms with Crippen molar-refractivity contribution in [2.24, 2.45) is 10.9 Å². The topological polar surface area (TPSA) is 82.1 Å². The number of hydrogen-bond acceptors (Lipinski definition) is 4. The third kappa shape index (κ3) is 3.26. The Balaban J connectivity index is 2.11. The molecule has 1 fully saturated rings. The lowest BCUT2D eigenvalue weighted by Gasteiger charge is -2.35. The van der Waals surface area contributed by atoms with E-state index in [9.17, 15) is 9.50 Å². The highest BCUT2D eigenvalue weighted by Crippen LogP contribution is 2.23. The van der Waals surface area contributed by atoms with Gasteiger partial charge >= 0.3 is 0 Å². The van der Waals surface area contributed by atoms with Gasteiger partial charge in [-0.25, -0.2) is 4.39 Å². The lowest BCUT2D eigenvalue weighted by atomic mass is 9.93. The van der Waals surface area contributed by atoms with Gasteiger partial charge < -0.3 is 16.0 Å². The van der Waals surface area contributed by atoms with E-state index in [-0.39, 0.29) is 11.4 Å². The maximum Gasteiger partial charge on any atom is 0.173 e. The van der Waals surface area contributed by atoms with Crippen LogP contribution in [0.4, 0.5) is 4.39 Å². The summed E-state index contributed by atoms with van der Waals surface area (Å²) in [7, 11) is 0. The van der Waals surface area contributed by atoms with Gasteiger partial charge in [0.2, 0.25) is 0 Å². The van der Waals surface area contributed by atoms with Gasteiger partial charge in [-0.05, 0) is 25.8 Å². The molecule has 1 saturated heterocycles. The van der Waals surface area contributed by atoms with E-state index in [0.29, 0.717) is 24.9 Å². The second-order valence-corrected chi connectivity index (χ2v) is 5.54. The van der Waals surface area contributed by atoms with Gasteiger partial charge in [-0.1, -0.05) is 17.3 Å². The van der Waals surface area contributed by atoms with Crippen LogP contribution in [0.25, 0.3) is 0 Å². The van der Waals surface area contributed by atoms with Crippen LogP contribution in [-0.4, -0.2) is 39.7 Å². The molecule has 0 amide bonds. The minimum absolute atomic E-state index is 0.106. The van der Waals surface area contributed by atoms with Crippen LogP contribution < -0.4 is 5.73 Å². The zero-order valence-electron chi connectivity index (χ0n) is 11.5. The van der Waals surface area contributed by atoms with Crippen molar-refractivity contribution in [1.82, 2.24) is 4.90 Å². The average Bonchev–Trinajstić information content (AvgIpc) is 2.42. The molecule has 0 saturated carbocycles. The summed E-state index contributed by atoms with van der Waals surface area (Å²) in [6.45, 7) is 3.72. The van der Waals surface area contributed by atoms with Gasteiger partial charge in [0.25, 0.3) is 0 Å². The number of likely N-dealkylation sites (tertiary alicyclic amines) is 1. The summed E-state index contributed by atoms with van der Waals surface area (Å²) in [4.78, 5) is 2.09. The van der Waals surface area contributed by atoms with E-state index >= 15 is 0 Å². The first-order chi connectivity index (χ1) is 9.43. The number of amidine groups is 1. The van der Waals surface area contributed by atoms with Crippen LogP contribution >= 0.6 is 0 Å². The standard InChI is InChI=1S/C14H20FN3O2/c1-14(19)5-7-18(8-6-14)9-10-3-2-4-11(12(10)15)13(16)17-20/h2-4,19-20H,5-9H2,1H3,(H2,16,17). The molecule has 0 atom stereocenters. The smallest absolute Gasteiger partial charge is 0.173 e.